The first-order valence-corrected chi connectivity index (χ1v) is 2.65. The summed E-state index contributed by atoms with van der Waals surface area (Å²) in [6, 6.07) is 0. The van der Waals surface area contributed by atoms with E-state index >= 15 is 0 Å². The van der Waals surface area contributed by atoms with Gasteiger partial charge in [-0.05, 0) is 26.3 Å². The van der Waals surface area contributed by atoms with Crippen LogP contribution in [0.4, 0.5) is 0 Å². The maximum Gasteiger partial charge on any atom is 0.240 e. The van der Waals surface area contributed by atoms with E-state index in [-0.39, 0.29) is 0 Å². The Morgan fingerprint density at radius 1 is 1.33 bits per heavy atom. The number of allylic oxidation sites excluding steroid dienone is 1. The molecular weight excluding hydrogens is 114 g/mol. The summed E-state index contributed by atoms with van der Waals surface area (Å²) in [5, 5.41) is 0. The first-order chi connectivity index (χ1) is 4.16. The van der Waals surface area contributed by atoms with E-state index in [2.05, 4.69) is 10.7 Å². The smallest absolute Gasteiger partial charge is 0.211 e. The molecule has 0 aromatic rings. The number of carbonyl (C=O) groups excluding carboxylic acids is 1. The molecule has 0 spiro atoms. The Bertz CT molecular complexity index is 199. The summed E-state index contributed by atoms with van der Waals surface area (Å²) in [6.45, 7) is 5.49. The van der Waals surface area contributed by atoms with Gasteiger partial charge in [0, 0.05) is 0 Å². The fraction of sp³-hybridized carbons (Fsp3) is 0.429. The van der Waals surface area contributed by atoms with E-state index in [9.17, 15) is 4.79 Å². The molecule has 2 heteroatoms. The fourth-order valence-electron chi connectivity index (χ4n) is 0.458. The first-order valence-electron chi connectivity index (χ1n) is 2.65. The Labute approximate surface area is 54.6 Å². The molecule has 0 saturated carbocycles. The average Bonchev–Trinajstić information content (AvgIpc) is 1.63. The lowest BCUT2D eigenvalue weighted by Crippen LogP contribution is -1.63. The number of hydrogen-bond acceptors (Lipinski definition) is 2. The van der Waals surface area contributed by atoms with Crippen LogP contribution in [0.25, 0.3) is 0 Å². The Hall–Kier alpha value is -1.10. The summed E-state index contributed by atoms with van der Waals surface area (Å²) in [5.41, 5.74) is 4.43. The van der Waals surface area contributed by atoms with Crippen LogP contribution in [0, 0.1) is 0 Å². The zero-order valence-corrected chi connectivity index (χ0v) is 5.86. The predicted octanol–water partition coefficient (Wildman–Crippen LogP) is 1.79. The molecule has 48 valence electrons. The molecule has 0 heterocycles. The zero-order valence-electron chi connectivity index (χ0n) is 5.86. The maximum atomic E-state index is 9.64. The minimum Gasteiger partial charge on any atom is -0.211 e. The second kappa shape index (κ2) is 3.85. The molecule has 9 heavy (non-hydrogen) atoms. The molecule has 0 aromatic heterocycles. The molecule has 0 aromatic carbocycles. The largest absolute Gasteiger partial charge is 0.240 e. The van der Waals surface area contributed by atoms with Crippen LogP contribution in [0.15, 0.2) is 22.0 Å². The zero-order chi connectivity index (χ0) is 7.28. The molecule has 0 aliphatic rings. The van der Waals surface area contributed by atoms with Gasteiger partial charge in [0.1, 0.15) is 0 Å². The summed E-state index contributed by atoms with van der Waals surface area (Å²) in [6.07, 6.45) is 1.43. The Morgan fingerprint density at radius 2 is 1.89 bits per heavy atom. The molecule has 0 aliphatic carbocycles. The molecule has 0 unspecified atom stereocenters. The van der Waals surface area contributed by atoms with Crippen LogP contribution in [-0.4, -0.2) is 6.08 Å². The van der Waals surface area contributed by atoms with Crippen molar-refractivity contribution < 1.29 is 4.79 Å². The molecule has 0 fully saturated rings. The summed E-state index contributed by atoms with van der Waals surface area (Å²) in [4.78, 5) is 13.0. The van der Waals surface area contributed by atoms with Gasteiger partial charge in [-0.3, -0.25) is 0 Å². The highest BCUT2D eigenvalue weighted by Crippen LogP contribution is 1.92. The van der Waals surface area contributed by atoms with Crippen molar-refractivity contribution in [3.8, 4) is 0 Å². The van der Waals surface area contributed by atoms with Crippen LogP contribution in [0.5, 0.6) is 0 Å². The highest BCUT2D eigenvalue weighted by Gasteiger charge is 1.76. The van der Waals surface area contributed by atoms with Crippen LogP contribution in [0.3, 0.4) is 0 Å². The number of aliphatic imine (C=N–C) groups is 1. The van der Waals surface area contributed by atoms with Crippen molar-refractivity contribution in [1.29, 1.82) is 0 Å². The minimum atomic E-state index is 0.574. The number of hydrogen-bond donors (Lipinski definition) is 0. The fourth-order valence-corrected chi connectivity index (χ4v) is 0.458. The molecule has 0 N–H and O–H groups in total. The Morgan fingerprint density at radius 3 is 2.22 bits per heavy atom. The van der Waals surface area contributed by atoms with Gasteiger partial charge in [-0.2, -0.15) is 4.99 Å². The second-order valence-electron chi connectivity index (χ2n) is 1.91. The van der Waals surface area contributed by atoms with Gasteiger partial charge in [0.05, 0.1) is 5.70 Å². The predicted molar refractivity (Wildman–Crippen MR) is 35.7 cm³/mol. The number of rotatable bonds is 1. The van der Waals surface area contributed by atoms with Crippen molar-refractivity contribution in [2.45, 2.75) is 20.8 Å². The van der Waals surface area contributed by atoms with E-state index in [1.165, 1.54) is 6.08 Å². The monoisotopic (exact) mass is 123 g/mol. The standard InChI is InChI=1S/C7H9NO/c1-6(2)4-7(3)8-5-9/h1-3H3. The molecule has 0 aliphatic heterocycles. The van der Waals surface area contributed by atoms with Crippen LogP contribution in [0.1, 0.15) is 20.8 Å². The van der Waals surface area contributed by atoms with Crippen LogP contribution < -0.4 is 0 Å². The van der Waals surface area contributed by atoms with Crippen LogP contribution in [-0.2, 0) is 4.79 Å². The second-order valence-corrected chi connectivity index (χ2v) is 1.91. The van der Waals surface area contributed by atoms with Gasteiger partial charge in [0.25, 0.3) is 0 Å². The van der Waals surface area contributed by atoms with Gasteiger partial charge in [-0.15, -0.1) is 0 Å². The third kappa shape index (κ3) is 4.76. The highest BCUT2D eigenvalue weighted by molar-refractivity contribution is 5.36. The number of isocyanates is 1. The summed E-state index contributed by atoms with van der Waals surface area (Å²) >= 11 is 0. The molecule has 0 atom stereocenters. The molecule has 2 nitrogen and oxygen atoms in total. The van der Waals surface area contributed by atoms with Gasteiger partial charge < -0.3 is 0 Å². The van der Waals surface area contributed by atoms with E-state index in [1.807, 2.05) is 13.8 Å². The number of nitrogens with zero attached hydrogens (tertiary/aromatic N) is 1. The van der Waals surface area contributed by atoms with Crippen molar-refractivity contribution in [1.82, 2.24) is 0 Å². The van der Waals surface area contributed by atoms with Crippen molar-refractivity contribution in [3.63, 3.8) is 0 Å². The van der Waals surface area contributed by atoms with Crippen LogP contribution in [0.2, 0.25) is 0 Å². The third-order valence-corrected chi connectivity index (χ3v) is 0.644. The molecule has 0 bridgehead atoms. The van der Waals surface area contributed by atoms with Crippen molar-refractivity contribution in [3.05, 3.63) is 17.0 Å². The summed E-state index contributed by atoms with van der Waals surface area (Å²) in [7, 11) is 0. The molecule has 0 saturated heterocycles. The van der Waals surface area contributed by atoms with Crippen molar-refractivity contribution >= 4 is 6.08 Å². The maximum absolute atomic E-state index is 9.64. The average molecular weight is 123 g/mol. The Balaban J connectivity index is 4.54. The SMILES string of the molecule is CC(C)=C=C(C)N=C=O. The minimum absolute atomic E-state index is 0.574. The molecular formula is C7H9NO. The lowest BCUT2D eigenvalue weighted by atomic mass is 10.3. The van der Waals surface area contributed by atoms with E-state index in [4.69, 9.17) is 0 Å². The summed E-state index contributed by atoms with van der Waals surface area (Å²) < 4.78 is 0. The third-order valence-electron chi connectivity index (χ3n) is 0.644. The van der Waals surface area contributed by atoms with E-state index in [1.54, 1.807) is 6.92 Å². The summed E-state index contributed by atoms with van der Waals surface area (Å²) in [5.74, 6) is 0. The van der Waals surface area contributed by atoms with Crippen molar-refractivity contribution in [2.24, 2.45) is 4.99 Å². The van der Waals surface area contributed by atoms with Gasteiger partial charge in [-0.25, -0.2) is 4.79 Å². The van der Waals surface area contributed by atoms with E-state index in [0.717, 1.165) is 5.57 Å². The molecule has 0 amide bonds. The molecule has 0 radical (unpaired) electrons. The van der Waals surface area contributed by atoms with Gasteiger partial charge in [-0.1, -0.05) is 5.73 Å². The lowest BCUT2D eigenvalue weighted by molar-refractivity contribution is 0.564. The highest BCUT2D eigenvalue weighted by atomic mass is 16.1. The van der Waals surface area contributed by atoms with Gasteiger partial charge >= 0.3 is 0 Å². The van der Waals surface area contributed by atoms with Gasteiger partial charge in [0.15, 0.2) is 0 Å². The molecule has 0 rings (SSSR count). The lowest BCUT2D eigenvalue weighted by Gasteiger charge is -1.79. The van der Waals surface area contributed by atoms with E-state index in [0.29, 0.717) is 5.70 Å². The normalized spacial score (nSPS) is 7.00. The Kier molecular flexibility index (Phi) is 3.38. The topological polar surface area (TPSA) is 29.4 Å². The van der Waals surface area contributed by atoms with Gasteiger partial charge in [0.2, 0.25) is 6.08 Å². The quantitative estimate of drug-likeness (QED) is 0.297. The van der Waals surface area contributed by atoms with Crippen LogP contribution >= 0.6 is 0 Å². The first kappa shape index (κ1) is 7.90. The van der Waals surface area contributed by atoms with Crippen molar-refractivity contribution in [2.75, 3.05) is 0 Å². The van der Waals surface area contributed by atoms with E-state index < -0.39 is 0 Å².